The average Bonchev–Trinajstić information content (AvgIpc) is 3.24. The van der Waals surface area contributed by atoms with Gasteiger partial charge in [-0.3, -0.25) is 0 Å². The lowest BCUT2D eigenvalue weighted by Gasteiger charge is -2.18. The van der Waals surface area contributed by atoms with Crippen LogP contribution in [0.25, 0.3) is 11.3 Å². The molecule has 0 saturated carbocycles. The summed E-state index contributed by atoms with van der Waals surface area (Å²) >= 11 is 0. The highest BCUT2D eigenvalue weighted by Gasteiger charge is 2.35. The Labute approximate surface area is 160 Å². The molecule has 4 aromatic heterocycles. The Hall–Kier alpha value is -2.83. The molecule has 7 heteroatoms. The van der Waals surface area contributed by atoms with Gasteiger partial charge < -0.3 is 8.80 Å². The van der Waals surface area contributed by atoms with E-state index in [0.717, 1.165) is 28.7 Å². The number of imidazole rings is 2. The van der Waals surface area contributed by atoms with E-state index in [1.54, 1.807) is 17.5 Å². The number of fused-ring (bicyclic) bond motifs is 2. The highest BCUT2D eigenvalue weighted by atomic mass is 19.4. The second-order valence-electron chi connectivity index (χ2n) is 7.44. The van der Waals surface area contributed by atoms with Crippen molar-refractivity contribution in [1.29, 1.82) is 0 Å². The van der Waals surface area contributed by atoms with Gasteiger partial charge in [-0.2, -0.15) is 13.2 Å². The summed E-state index contributed by atoms with van der Waals surface area (Å²) in [7, 11) is 0. The molecule has 0 amide bonds. The third-order valence-electron chi connectivity index (χ3n) is 5.54. The van der Waals surface area contributed by atoms with E-state index in [2.05, 4.69) is 16.9 Å². The van der Waals surface area contributed by atoms with Gasteiger partial charge in [0.2, 0.25) is 0 Å². The molecular weight excluding hydrogens is 365 g/mol. The third kappa shape index (κ3) is 3.04. The van der Waals surface area contributed by atoms with Crippen molar-refractivity contribution in [1.82, 2.24) is 18.8 Å². The van der Waals surface area contributed by atoms with Crippen LogP contribution in [0.3, 0.4) is 0 Å². The van der Waals surface area contributed by atoms with Gasteiger partial charge in [-0.25, -0.2) is 9.97 Å². The zero-order valence-electron chi connectivity index (χ0n) is 16.2. The van der Waals surface area contributed by atoms with E-state index in [-0.39, 0.29) is 17.1 Å². The van der Waals surface area contributed by atoms with Gasteiger partial charge in [0.05, 0.1) is 11.3 Å². The smallest absolute Gasteiger partial charge is 0.307 e. The Morgan fingerprint density at radius 3 is 2.54 bits per heavy atom. The average molecular weight is 386 g/mol. The quantitative estimate of drug-likeness (QED) is 0.481. The molecule has 0 saturated heterocycles. The number of aromatic nitrogens is 4. The summed E-state index contributed by atoms with van der Waals surface area (Å²) < 4.78 is 44.5. The van der Waals surface area contributed by atoms with Crippen molar-refractivity contribution in [3.05, 3.63) is 70.6 Å². The van der Waals surface area contributed by atoms with Gasteiger partial charge in [-0.15, -0.1) is 0 Å². The van der Waals surface area contributed by atoms with Crippen LogP contribution in [0, 0.1) is 20.8 Å². The van der Waals surface area contributed by atoms with Crippen LogP contribution in [0.2, 0.25) is 0 Å². The van der Waals surface area contributed by atoms with E-state index in [1.807, 2.05) is 30.5 Å². The van der Waals surface area contributed by atoms with Gasteiger partial charge in [0.1, 0.15) is 11.3 Å². The molecule has 4 nitrogen and oxygen atoms in total. The van der Waals surface area contributed by atoms with Gasteiger partial charge in [-0.1, -0.05) is 6.92 Å². The number of nitrogens with zero attached hydrogens (tertiary/aromatic N) is 4. The molecule has 1 atom stereocenters. The molecular formula is C21H21F3N4. The lowest BCUT2D eigenvalue weighted by Crippen LogP contribution is -2.13. The van der Waals surface area contributed by atoms with Crippen LogP contribution in [0.15, 0.2) is 36.9 Å². The van der Waals surface area contributed by atoms with Crippen LogP contribution in [0.4, 0.5) is 13.2 Å². The molecule has 0 aliphatic heterocycles. The van der Waals surface area contributed by atoms with Crippen LogP contribution in [-0.2, 0) is 12.6 Å². The second-order valence-corrected chi connectivity index (χ2v) is 7.44. The molecule has 146 valence electrons. The molecule has 0 aliphatic carbocycles. The summed E-state index contributed by atoms with van der Waals surface area (Å²) in [6, 6.07) is 3.13. The molecule has 4 rings (SSSR count). The normalized spacial score (nSPS) is 13.5. The summed E-state index contributed by atoms with van der Waals surface area (Å²) in [4.78, 5) is 8.63. The molecule has 0 radical (unpaired) electrons. The minimum absolute atomic E-state index is 0.249. The van der Waals surface area contributed by atoms with Crippen LogP contribution in [0.1, 0.15) is 46.5 Å². The predicted octanol–water partition coefficient (Wildman–Crippen LogP) is 5.27. The molecule has 1 unspecified atom stereocenters. The van der Waals surface area contributed by atoms with Crippen molar-refractivity contribution in [2.75, 3.05) is 0 Å². The SMILES string of the molecule is Cc1cc2nc(CC(C)c3cn4ccnc4cc3C(F)(F)F)cn2c(C)c1C. The molecule has 4 aromatic rings. The molecule has 0 aromatic carbocycles. The zero-order valence-corrected chi connectivity index (χ0v) is 16.2. The van der Waals surface area contributed by atoms with E-state index in [1.165, 1.54) is 18.0 Å². The fourth-order valence-electron chi connectivity index (χ4n) is 3.72. The molecule has 4 heterocycles. The van der Waals surface area contributed by atoms with Crippen molar-refractivity contribution >= 4 is 11.3 Å². The number of hydrogen-bond acceptors (Lipinski definition) is 2. The number of halogens is 3. The van der Waals surface area contributed by atoms with E-state index in [9.17, 15) is 13.2 Å². The number of aryl methyl sites for hydroxylation is 2. The highest BCUT2D eigenvalue weighted by Crippen LogP contribution is 2.37. The third-order valence-corrected chi connectivity index (χ3v) is 5.54. The van der Waals surface area contributed by atoms with Gasteiger partial charge in [0.15, 0.2) is 0 Å². The lowest BCUT2D eigenvalue weighted by molar-refractivity contribution is -0.138. The molecule has 0 spiro atoms. The largest absolute Gasteiger partial charge is 0.416 e. The van der Waals surface area contributed by atoms with Crippen LogP contribution >= 0.6 is 0 Å². The number of hydrogen-bond donors (Lipinski definition) is 0. The number of pyridine rings is 2. The predicted molar refractivity (Wildman–Crippen MR) is 102 cm³/mol. The van der Waals surface area contributed by atoms with Crippen molar-refractivity contribution in [2.24, 2.45) is 0 Å². The Bertz CT molecular complexity index is 1180. The molecule has 0 bridgehead atoms. The summed E-state index contributed by atoms with van der Waals surface area (Å²) in [5, 5.41) is 0. The second kappa shape index (κ2) is 6.36. The highest BCUT2D eigenvalue weighted by molar-refractivity contribution is 5.49. The summed E-state index contributed by atoms with van der Waals surface area (Å²) in [6.45, 7) is 7.93. The van der Waals surface area contributed by atoms with Gasteiger partial charge in [0, 0.05) is 30.5 Å². The zero-order chi connectivity index (χ0) is 20.2. The van der Waals surface area contributed by atoms with Gasteiger partial charge in [0.25, 0.3) is 0 Å². The molecule has 0 aliphatic rings. The van der Waals surface area contributed by atoms with Crippen molar-refractivity contribution in [2.45, 2.75) is 46.2 Å². The summed E-state index contributed by atoms with van der Waals surface area (Å²) in [5.74, 6) is -0.351. The first-order chi connectivity index (χ1) is 13.1. The Kier molecular flexibility index (Phi) is 4.21. The Morgan fingerprint density at radius 1 is 1.07 bits per heavy atom. The van der Waals surface area contributed by atoms with E-state index in [0.29, 0.717) is 6.42 Å². The lowest BCUT2D eigenvalue weighted by atomic mass is 9.93. The summed E-state index contributed by atoms with van der Waals surface area (Å²) in [5.41, 5.74) is 4.94. The maximum absolute atomic E-state index is 13.6. The molecule has 28 heavy (non-hydrogen) atoms. The van der Waals surface area contributed by atoms with Crippen molar-refractivity contribution < 1.29 is 13.2 Å². The van der Waals surface area contributed by atoms with Crippen LogP contribution in [-0.4, -0.2) is 18.8 Å². The monoisotopic (exact) mass is 386 g/mol. The Balaban J connectivity index is 1.75. The fourth-order valence-corrected chi connectivity index (χ4v) is 3.72. The van der Waals surface area contributed by atoms with E-state index in [4.69, 9.17) is 0 Å². The van der Waals surface area contributed by atoms with Crippen molar-refractivity contribution in [3.63, 3.8) is 0 Å². The molecule has 0 N–H and O–H groups in total. The number of alkyl halides is 3. The van der Waals surface area contributed by atoms with Gasteiger partial charge >= 0.3 is 6.18 Å². The van der Waals surface area contributed by atoms with Crippen molar-refractivity contribution in [3.8, 4) is 0 Å². The van der Waals surface area contributed by atoms with Crippen LogP contribution < -0.4 is 0 Å². The maximum Gasteiger partial charge on any atom is 0.416 e. The first kappa shape index (κ1) is 18.5. The number of rotatable bonds is 3. The molecule has 0 fully saturated rings. The minimum Gasteiger partial charge on any atom is -0.307 e. The van der Waals surface area contributed by atoms with Crippen LogP contribution in [0.5, 0.6) is 0 Å². The fraction of sp³-hybridized carbons (Fsp3) is 0.333. The summed E-state index contributed by atoms with van der Waals surface area (Å²) in [6.07, 6.45) is 2.61. The maximum atomic E-state index is 13.6. The Morgan fingerprint density at radius 2 is 1.82 bits per heavy atom. The van der Waals surface area contributed by atoms with E-state index >= 15 is 0 Å². The first-order valence-electron chi connectivity index (χ1n) is 9.13. The minimum atomic E-state index is -4.43. The van der Waals surface area contributed by atoms with E-state index < -0.39 is 11.7 Å². The topological polar surface area (TPSA) is 34.6 Å². The standard InChI is InChI=1S/C21H21F3N4/c1-12-8-20-26-16(10-28(20)15(4)14(12)3)7-13(2)17-11-27-6-5-25-19(27)9-18(17)21(22,23)24/h5-6,8-11,13H,7H2,1-4H3. The first-order valence-corrected chi connectivity index (χ1v) is 9.13. The van der Waals surface area contributed by atoms with Gasteiger partial charge in [-0.05, 0) is 61.9 Å².